The summed E-state index contributed by atoms with van der Waals surface area (Å²) in [7, 11) is 0. The maximum Gasteiger partial charge on any atom is 0.200 e. The van der Waals surface area contributed by atoms with Crippen molar-refractivity contribution in [3.05, 3.63) is 59.8 Å². The lowest BCUT2D eigenvalue weighted by molar-refractivity contribution is 0.279. The van der Waals surface area contributed by atoms with Crippen molar-refractivity contribution in [2.45, 2.75) is 6.61 Å². The Bertz CT molecular complexity index is 715. The van der Waals surface area contributed by atoms with E-state index in [9.17, 15) is 22.0 Å². The number of ether oxygens (including phenoxy) is 1. The van der Waals surface area contributed by atoms with Gasteiger partial charge < -0.3 is 4.74 Å². The lowest BCUT2D eigenvalue weighted by Crippen LogP contribution is -2.10. The molecule has 0 fully saturated rings. The van der Waals surface area contributed by atoms with Crippen LogP contribution in [-0.2, 0) is 6.61 Å². The van der Waals surface area contributed by atoms with E-state index in [-0.39, 0.29) is 25.1 Å². The molecule has 1 nitrogen and oxygen atoms in total. The Morgan fingerprint density at radius 3 is 1.29 bits per heavy atom. The highest BCUT2D eigenvalue weighted by Gasteiger charge is 2.27. The van der Waals surface area contributed by atoms with Gasteiger partial charge in [0.15, 0.2) is 29.0 Å². The zero-order valence-electron chi connectivity index (χ0n) is 10.9. The van der Waals surface area contributed by atoms with E-state index in [0.29, 0.717) is 0 Å². The minimum atomic E-state index is -2.29. The molecule has 2 rings (SSSR count). The highest BCUT2D eigenvalue weighted by Crippen LogP contribution is 2.48. The van der Waals surface area contributed by atoms with Crippen LogP contribution in [0.2, 0.25) is 25.1 Å². The molecule has 0 aromatic heterocycles. The van der Waals surface area contributed by atoms with E-state index in [1.54, 1.807) is 0 Å². The van der Waals surface area contributed by atoms with Gasteiger partial charge in [0.05, 0.1) is 20.6 Å². The zero-order chi connectivity index (χ0) is 18.3. The quantitative estimate of drug-likeness (QED) is 0.275. The summed E-state index contributed by atoms with van der Waals surface area (Å²) in [6.45, 7) is -1.08. The topological polar surface area (TPSA) is 9.23 Å². The fourth-order valence-electron chi connectivity index (χ4n) is 1.63. The van der Waals surface area contributed by atoms with Crippen LogP contribution in [0.15, 0.2) is 0 Å². The number of rotatable bonds is 3. The first-order valence-electron chi connectivity index (χ1n) is 5.74. The van der Waals surface area contributed by atoms with E-state index >= 15 is 0 Å². The van der Waals surface area contributed by atoms with Crippen molar-refractivity contribution in [3.8, 4) is 5.75 Å². The molecule has 0 amide bonds. The Hall–Kier alpha value is -0.660. The minimum Gasteiger partial charge on any atom is -0.485 e. The molecule has 0 radical (unpaired) electrons. The van der Waals surface area contributed by atoms with Crippen molar-refractivity contribution >= 4 is 58.0 Å². The summed E-state index contributed by atoms with van der Waals surface area (Å²) in [6, 6.07) is 0. The number of benzene rings is 2. The lowest BCUT2D eigenvalue weighted by Gasteiger charge is -2.15. The molecule has 0 aliphatic heterocycles. The maximum absolute atomic E-state index is 13.6. The van der Waals surface area contributed by atoms with Crippen LogP contribution in [0.25, 0.3) is 0 Å². The summed E-state index contributed by atoms with van der Waals surface area (Å²) in [5.41, 5.74) is -1.22. The molecule has 130 valence electrons. The van der Waals surface area contributed by atoms with E-state index < -0.39 is 47.0 Å². The van der Waals surface area contributed by atoms with Gasteiger partial charge in [-0.15, -0.1) is 0 Å². The molecule has 0 N–H and O–H groups in total. The van der Waals surface area contributed by atoms with E-state index in [1.165, 1.54) is 0 Å². The second kappa shape index (κ2) is 7.30. The summed E-state index contributed by atoms with van der Waals surface area (Å²) < 4.78 is 71.4. The van der Waals surface area contributed by atoms with Gasteiger partial charge in [0.1, 0.15) is 16.7 Å². The molecule has 0 aliphatic carbocycles. The maximum atomic E-state index is 13.6. The second-order valence-electron chi connectivity index (χ2n) is 4.24. The Labute approximate surface area is 156 Å². The highest BCUT2D eigenvalue weighted by molar-refractivity contribution is 6.55. The van der Waals surface area contributed by atoms with E-state index in [1.807, 2.05) is 0 Å². The molecular weight excluding hydrogens is 444 g/mol. The van der Waals surface area contributed by atoms with Crippen molar-refractivity contribution < 1.29 is 26.7 Å². The summed E-state index contributed by atoms with van der Waals surface area (Å²) in [6.07, 6.45) is 0. The van der Waals surface area contributed by atoms with Crippen LogP contribution in [0.1, 0.15) is 5.56 Å². The van der Waals surface area contributed by atoms with E-state index in [2.05, 4.69) is 0 Å². The van der Waals surface area contributed by atoms with Gasteiger partial charge in [0.25, 0.3) is 0 Å². The van der Waals surface area contributed by atoms with E-state index in [4.69, 9.17) is 62.7 Å². The zero-order valence-corrected chi connectivity index (χ0v) is 14.7. The number of hydrogen-bond donors (Lipinski definition) is 0. The molecule has 0 bridgehead atoms. The van der Waals surface area contributed by atoms with Crippen molar-refractivity contribution in [1.29, 1.82) is 0 Å². The molecule has 0 saturated carbocycles. The first kappa shape index (κ1) is 19.7. The molecule has 0 heterocycles. The first-order chi connectivity index (χ1) is 11.1. The average Bonchev–Trinajstić information content (AvgIpc) is 2.57. The van der Waals surface area contributed by atoms with Gasteiger partial charge in [-0.05, 0) is 0 Å². The van der Waals surface area contributed by atoms with Gasteiger partial charge in [-0.3, -0.25) is 0 Å². The Morgan fingerprint density at radius 1 is 0.542 bits per heavy atom. The molecule has 0 atom stereocenters. The van der Waals surface area contributed by atoms with Gasteiger partial charge in [-0.2, -0.15) is 0 Å². The number of hydrogen-bond acceptors (Lipinski definition) is 1. The Balaban J connectivity index is 2.48. The molecule has 0 spiro atoms. The normalized spacial score (nSPS) is 11.1. The van der Waals surface area contributed by atoms with Crippen LogP contribution in [0.5, 0.6) is 5.75 Å². The van der Waals surface area contributed by atoms with Crippen molar-refractivity contribution in [3.63, 3.8) is 0 Å². The molecule has 2 aromatic rings. The molecule has 0 saturated heterocycles. The van der Waals surface area contributed by atoms with Crippen LogP contribution < -0.4 is 4.74 Å². The SMILES string of the molecule is Fc1c(F)c(F)c(COc2c(Cl)c(Cl)c(Cl)c(Cl)c2Cl)c(F)c1F. The summed E-state index contributed by atoms with van der Waals surface area (Å²) in [5.74, 6) is -11.0. The predicted octanol–water partition coefficient (Wildman–Crippen LogP) is 7.23. The van der Waals surface area contributed by atoms with Crippen molar-refractivity contribution in [2.24, 2.45) is 0 Å². The van der Waals surface area contributed by atoms with Gasteiger partial charge in [0.2, 0.25) is 5.82 Å². The standard InChI is InChI=1S/C13H2Cl5F5O/c14-3-4(15)6(17)13(7(18)5(3)16)24-1-2-8(19)10(21)12(23)11(22)9(2)20/h1H2. The van der Waals surface area contributed by atoms with E-state index in [0.717, 1.165) is 0 Å². The third kappa shape index (κ3) is 3.22. The molecule has 24 heavy (non-hydrogen) atoms. The fraction of sp³-hybridized carbons (Fsp3) is 0.0769. The minimum absolute atomic E-state index is 0.197. The second-order valence-corrected chi connectivity index (χ2v) is 6.13. The van der Waals surface area contributed by atoms with Gasteiger partial charge in [-0.1, -0.05) is 58.0 Å². The van der Waals surface area contributed by atoms with Crippen molar-refractivity contribution in [2.75, 3.05) is 0 Å². The van der Waals surface area contributed by atoms with Gasteiger partial charge in [-0.25, -0.2) is 22.0 Å². The predicted molar refractivity (Wildman–Crippen MR) is 82.1 cm³/mol. The average molecular weight is 446 g/mol. The van der Waals surface area contributed by atoms with Crippen LogP contribution in [0.3, 0.4) is 0 Å². The molecular formula is C13H2Cl5F5O. The summed E-state index contributed by atoms with van der Waals surface area (Å²) in [5, 5.41) is -1.42. The molecule has 11 heteroatoms. The third-order valence-corrected chi connectivity index (χ3v) is 5.07. The smallest absolute Gasteiger partial charge is 0.200 e. The largest absolute Gasteiger partial charge is 0.485 e. The number of halogens is 10. The molecule has 0 aliphatic rings. The fourth-order valence-corrected chi connectivity index (χ4v) is 2.86. The summed E-state index contributed by atoms with van der Waals surface area (Å²) in [4.78, 5) is 0. The summed E-state index contributed by atoms with van der Waals surface area (Å²) >= 11 is 28.9. The van der Waals surface area contributed by atoms with Crippen LogP contribution >= 0.6 is 58.0 Å². The van der Waals surface area contributed by atoms with Gasteiger partial charge >= 0.3 is 0 Å². The monoisotopic (exact) mass is 444 g/mol. The van der Waals surface area contributed by atoms with Crippen LogP contribution in [0, 0.1) is 29.1 Å². The van der Waals surface area contributed by atoms with Gasteiger partial charge in [0, 0.05) is 0 Å². The third-order valence-electron chi connectivity index (χ3n) is 2.83. The van der Waals surface area contributed by atoms with Crippen LogP contribution in [0.4, 0.5) is 22.0 Å². The Kier molecular flexibility index (Phi) is 5.98. The molecule has 0 unspecified atom stereocenters. The molecule has 2 aromatic carbocycles. The highest BCUT2D eigenvalue weighted by atomic mass is 35.5. The Morgan fingerprint density at radius 2 is 0.875 bits per heavy atom. The van der Waals surface area contributed by atoms with Crippen LogP contribution in [-0.4, -0.2) is 0 Å². The first-order valence-corrected chi connectivity index (χ1v) is 7.63. The van der Waals surface area contributed by atoms with Crippen molar-refractivity contribution in [1.82, 2.24) is 0 Å². The lowest BCUT2D eigenvalue weighted by atomic mass is 10.2.